The Balaban J connectivity index is 1.42. The predicted octanol–water partition coefficient (Wildman–Crippen LogP) is 3.63. The Morgan fingerprint density at radius 1 is 1.19 bits per heavy atom. The molecule has 1 saturated heterocycles. The van der Waals surface area contributed by atoms with Gasteiger partial charge in [-0.1, -0.05) is 30.3 Å². The van der Waals surface area contributed by atoms with Crippen LogP contribution < -0.4 is 5.32 Å². The first kappa shape index (κ1) is 17.6. The highest BCUT2D eigenvalue weighted by molar-refractivity contribution is 5.89. The van der Waals surface area contributed by atoms with Gasteiger partial charge in [0.1, 0.15) is 0 Å². The van der Waals surface area contributed by atoms with Crippen LogP contribution in [0.2, 0.25) is 0 Å². The molecule has 0 radical (unpaired) electrons. The van der Waals surface area contributed by atoms with Crippen molar-refractivity contribution in [2.24, 2.45) is 11.8 Å². The predicted molar refractivity (Wildman–Crippen MR) is 103 cm³/mol. The molecule has 0 spiro atoms. The van der Waals surface area contributed by atoms with Crippen molar-refractivity contribution in [1.29, 1.82) is 5.26 Å². The topological polar surface area (TPSA) is 76.4 Å². The maximum absolute atomic E-state index is 12.6. The van der Waals surface area contributed by atoms with E-state index in [9.17, 15) is 9.90 Å². The lowest BCUT2D eigenvalue weighted by atomic mass is 9.87. The van der Waals surface area contributed by atoms with Crippen LogP contribution in [-0.2, 0) is 5.60 Å². The van der Waals surface area contributed by atoms with E-state index in [4.69, 9.17) is 5.26 Å². The van der Waals surface area contributed by atoms with E-state index in [2.05, 4.69) is 11.4 Å². The zero-order valence-corrected chi connectivity index (χ0v) is 15.4. The average molecular weight is 361 g/mol. The monoisotopic (exact) mass is 361 g/mol. The smallest absolute Gasteiger partial charge is 0.321 e. The molecule has 1 aliphatic carbocycles. The summed E-state index contributed by atoms with van der Waals surface area (Å²) in [5.41, 5.74) is 2.50. The van der Waals surface area contributed by atoms with Crippen LogP contribution in [0.5, 0.6) is 0 Å². The first-order valence-corrected chi connectivity index (χ1v) is 9.33. The van der Waals surface area contributed by atoms with E-state index in [0.29, 0.717) is 49.0 Å². The Labute approximate surface area is 159 Å². The van der Waals surface area contributed by atoms with Crippen LogP contribution in [0, 0.1) is 30.1 Å². The van der Waals surface area contributed by atoms with Crippen molar-refractivity contribution in [2.45, 2.75) is 25.4 Å². The van der Waals surface area contributed by atoms with Crippen LogP contribution in [0.4, 0.5) is 10.5 Å². The molecule has 5 heteroatoms. The van der Waals surface area contributed by atoms with E-state index in [1.807, 2.05) is 36.1 Å². The van der Waals surface area contributed by atoms with Crippen molar-refractivity contribution in [3.05, 3.63) is 65.2 Å². The minimum Gasteiger partial charge on any atom is -0.385 e. The SMILES string of the molecule is Cc1ccccc1[C@]1(O)C[C@H]2CN(C(=O)Nc3cccc(C#N)c3)C[C@H]2C1. The number of anilines is 1. The Hall–Kier alpha value is -2.84. The number of likely N-dealkylation sites (tertiary alicyclic amines) is 1. The van der Waals surface area contributed by atoms with Gasteiger partial charge in [0.2, 0.25) is 0 Å². The summed E-state index contributed by atoms with van der Waals surface area (Å²) >= 11 is 0. The molecule has 2 aromatic carbocycles. The molecule has 2 fully saturated rings. The van der Waals surface area contributed by atoms with Crippen LogP contribution in [0.1, 0.15) is 29.5 Å². The number of rotatable bonds is 2. The molecule has 138 valence electrons. The summed E-state index contributed by atoms with van der Waals surface area (Å²) < 4.78 is 0. The summed E-state index contributed by atoms with van der Waals surface area (Å²) in [6.45, 7) is 3.35. The van der Waals surface area contributed by atoms with Crippen LogP contribution in [-0.4, -0.2) is 29.1 Å². The Morgan fingerprint density at radius 3 is 2.56 bits per heavy atom. The standard InChI is InChI=1S/C22H23N3O2/c1-15-5-2-3-8-20(15)22(27)10-17-13-25(14-18(17)11-22)21(26)24-19-7-4-6-16(9-19)12-23/h2-9,17-18,27H,10-11,13-14H2,1H3,(H,24,26)/t17-,18+,22-. The van der Waals surface area contributed by atoms with Crippen molar-refractivity contribution in [1.82, 2.24) is 4.90 Å². The first-order chi connectivity index (χ1) is 13.0. The van der Waals surface area contributed by atoms with Gasteiger partial charge in [-0.3, -0.25) is 0 Å². The molecule has 2 aliphatic rings. The summed E-state index contributed by atoms with van der Waals surface area (Å²) in [5.74, 6) is 0.622. The number of aliphatic hydroxyl groups is 1. The van der Waals surface area contributed by atoms with Crippen molar-refractivity contribution in [3.63, 3.8) is 0 Å². The van der Waals surface area contributed by atoms with Gasteiger partial charge < -0.3 is 15.3 Å². The van der Waals surface area contributed by atoms with E-state index in [0.717, 1.165) is 11.1 Å². The van der Waals surface area contributed by atoms with E-state index < -0.39 is 5.60 Å². The molecule has 5 nitrogen and oxygen atoms in total. The van der Waals surface area contributed by atoms with Gasteiger partial charge in [-0.2, -0.15) is 5.26 Å². The molecular weight excluding hydrogens is 338 g/mol. The van der Waals surface area contributed by atoms with Gasteiger partial charge in [0.15, 0.2) is 0 Å². The summed E-state index contributed by atoms with van der Waals surface area (Å²) in [7, 11) is 0. The molecule has 1 saturated carbocycles. The van der Waals surface area contributed by atoms with Crippen molar-refractivity contribution >= 4 is 11.7 Å². The maximum atomic E-state index is 12.6. The summed E-state index contributed by atoms with van der Waals surface area (Å²) in [4.78, 5) is 14.4. The number of fused-ring (bicyclic) bond motifs is 1. The number of hydrogen-bond acceptors (Lipinski definition) is 3. The second-order valence-corrected chi connectivity index (χ2v) is 7.80. The lowest BCUT2D eigenvalue weighted by Crippen LogP contribution is -2.35. The number of aryl methyl sites for hydroxylation is 1. The average Bonchev–Trinajstić information content (AvgIpc) is 3.18. The molecule has 2 N–H and O–H groups in total. The molecule has 1 heterocycles. The number of carbonyl (C=O) groups excluding carboxylic acids is 1. The molecule has 0 unspecified atom stereocenters. The van der Waals surface area contributed by atoms with Gasteiger partial charge in [0, 0.05) is 18.8 Å². The molecule has 4 rings (SSSR count). The highest BCUT2D eigenvalue weighted by atomic mass is 16.3. The highest BCUT2D eigenvalue weighted by Gasteiger charge is 2.50. The molecule has 2 amide bonds. The number of amides is 2. The number of carbonyl (C=O) groups is 1. The molecule has 2 aromatic rings. The fourth-order valence-corrected chi connectivity index (χ4v) is 4.70. The van der Waals surface area contributed by atoms with Crippen molar-refractivity contribution < 1.29 is 9.90 Å². The highest BCUT2D eigenvalue weighted by Crippen LogP contribution is 2.49. The number of nitrogens with zero attached hydrogens (tertiary/aromatic N) is 2. The third kappa shape index (κ3) is 3.29. The third-order valence-corrected chi connectivity index (χ3v) is 5.95. The molecule has 0 bridgehead atoms. The fourth-order valence-electron chi connectivity index (χ4n) is 4.70. The zero-order valence-electron chi connectivity index (χ0n) is 15.4. The van der Waals surface area contributed by atoms with E-state index in [1.54, 1.807) is 24.3 Å². The van der Waals surface area contributed by atoms with Gasteiger partial charge in [-0.15, -0.1) is 0 Å². The van der Waals surface area contributed by atoms with Crippen LogP contribution >= 0.6 is 0 Å². The number of benzene rings is 2. The summed E-state index contributed by atoms with van der Waals surface area (Å²) in [5, 5.41) is 23.1. The van der Waals surface area contributed by atoms with Crippen LogP contribution in [0.3, 0.4) is 0 Å². The molecular formula is C22H23N3O2. The molecule has 3 atom stereocenters. The molecule has 1 aliphatic heterocycles. The normalized spacial score (nSPS) is 26.5. The Morgan fingerprint density at radius 2 is 1.89 bits per heavy atom. The fraction of sp³-hybridized carbons (Fsp3) is 0.364. The number of nitriles is 1. The van der Waals surface area contributed by atoms with Crippen LogP contribution in [0.15, 0.2) is 48.5 Å². The minimum absolute atomic E-state index is 0.140. The van der Waals surface area contributed by atoms with E-state index >= 15 is 0 Å². The van der Waals surface area contributed by atoms with E-state index in [1.165, 1.54) is 0 Å². The lowest BCUT2D eigenvalue weighted by molar-refractivity contribution is 0.0322. The third-order valence-electron chi connectivity index (χ3n) is 5.95. The summed E-state index contributed by atoms with van der Waals surface area (Å²) in [6.07, 6.45) is 1.38. The second-order valence-electron chi connectivity index (χ2n) is 7.80. The quantitative estimate of drug-likeness (QED) is 0.857. The Bertz CT molecular complexity index is 904. The van der Waals surface area contributed by atoms with Crippen LogP contribution in [0.25, 0.3) is 0 Å². The Kier molecular flexibility index (Phi) is 4.37. The molecule has 27 heavy (non-hydrogen) atoms. The minimum atomic E-state index is -0.787. The van der Waals surface area contributed by atoms with Gasteiger partial charge >= 0.3 is 6.03 Å². The zero-order chi connectivity index (χ0) is 19.0. The van der Waals surface area contributed by atoms with Gasteiger partial charge in [0.25, 0.3) is 0 Å². The number of hydrogen-bond donors (Lipinski definition) is 2. The number of urea groups is 1. The molecule has 0 aromatic heterocycles. The largest absolute Gasteiger partial charge is 0.385 e. The maximum Gasteiger partial charge on any atom is 0.321 e. The number of nitrogens with one attached hydrogen (secondary N) is 1. The lowest BCUT2D eigenvalue weighted by Gasteiger charge is -2.28. The van der Waals surface area contributed by atoms with Crippen molar-refractivity contribution in [2.75, 3.05) is 18.4 Å². The van der Waals surface area contributed by atoms with Crippen molar-refractivity contribution in [3.8, 4) is 6.07 Å². The first-order valence-electron chi connectivity index (χ1n) is 9.33. The summed E-state index contributed by atoms with van der Waals surface area (Å²) in [6, 6.07) is 16.9. The van der Waals surface area contributed by atoms with Gasteiger partial charge in [0.05, 0.1) is 17.2 Å². The van der Waals surface area contributed by atoms with Gasteiger partial charge in [-0.05, 0) is 60.9 Å². The second kappa shape index (κ2) is 6.71. The van der Waals surface area contributed by atoms with Gasteiger partial charge in [-0.25, -0.2) is 4.79 Å². The van der Waals surface area contributed by atoms with E-state index in [-0.39, 0.29) is 6.03 Å².